The van der Waals surface area contributed by atoms with E-state index >= 15 is 0 Å². The lowest BCUT2D eigenvalue weighted by Crippen LogP contribution is -2.21. The molecule has 0 amide bonds. The molecule has 2 rings (SSSR count). The van der Waals surface area contributed by atoms with E-state index in [2.05, 4.69) is 4.72 Å². The van der Waals surface area contributed by atoms with Crippen LogP contribution in [0.2, 0.25) is 5.02 Å². The molecule has 2 N–H and O–H groups in total. The van der Waals surface area contributed by atoms with Crippen LogP contribution in [0.15, 0.2) is 46.2 Å². The number of rotatable bonds is 5. The summed E-state index contributed by atoms with van der Waals surface area (Å²) in [6.07, 6.45) is -4.96. The van der Waals surface area contributed by atoms with Gasteiger partial charge in [-0.1, -0.05) is 17.7 Å². The summed E-state index contributed by atoms with van der Waals surface area (Å²) in [5.74, 6) is 0. The SMILES string of the molecule is CNS(=O)(=O)c1cc(NS(=O)(=O)c2ccc(Cl)cc2C(F)(F)F)ccc1C. The van der Waals surface area contributed by atoms with Crippen LogP contribution in [-0.4, -0.2) is 23.9 Å². The predicted molar refractivity (Wildman–Crippen MR) is 94.7 cm³/mol. The van der Waals surface area contributed by atoms with Crippen molar-refractivity contribution in [1.82, 2.24) is 4.72 Å². The molecular formula is C15H14ClF3N2O4S2. The third-order valence-corrected chi connectivity index (χ3v) is 6.77. The smallest absolute Gasteiger partial charge is 0.280 e. The summed E-state index contributed by atoms with van der Waals surface area (Å²) in [6.45, 7) is 1.49. The Kier molecular flexibility index (Phi) is 5.81. The van der Waals surface area contributed by atoms with Crippen LogP contribution in [0, 0.1) is 6.92 Å². The maximum Gasteiger partial charge on any atom is 0.417 e. The minimum absolute atomic E-state index is 0.211. The molecule has 0 heterocycles. The third-order valence-electron chi connectivity index (χ3n) is 3.54. The first kappa shape index (κ1) is 21.5. The van der Waals surface area contributed by atoms with E-state index in [4.69, 9.17) is 11.6 Å². The number of hydrogen-bond acceptors (Lipinski definition) is 4. The molecule has 0 aromatic heterocycles. The standard InChI is InChI=1S/C15H14ClF3N2O4S2/c1-9-3-5-11(8-14(9)26(22,23)20-2)21-27(24,25)13-6-4-10(16)7-12(13)15(17,18)19/h3-8,20-21H,1-2H3. The fourth-order valence-corrected chi connectivity index (χ4v) is 4.66. The lowest BCUT2D eigenvalue weighted by atomic mass is 10.2. The topological polar surface area (TPSA) is 92.3 Å². The molecule has 0 aliphatic carbocycles. The minimum atomic E-state index is -4.96. The fraction of sp³-hybridized carbons (Fsp3) is 0.200. The number of aryl methyl sites for hydroxylation is 1. The Hall–Kier alpha value is -1.82. The number of benzene rings is 2. The van der Waals surface area contributed by atoms with Crippen LogP contribution in [0.3, 0.4) is 0 Å². The highest BCUT2D eigenvalue weighted by atomic mass is 35.5. The first-order valence-electron chi connectivity index (χ1n) is 7.22. The summed E-state index contributed by atoms with van der Waals surface area (Å²) in [7, 11) is -7.38. The van der Waals surface area contributed by atoms with Gasteiger partial charge in [-0.2, -0.15) is 13.2 Å². The van der Waals surface area contributed by atoms with Crippen molar-refractivity contribution in [3.05, 3.63) is 52.5 Å². The van der Waals surface area contributed by atoms with E-state index in [9.17, 15) is 30.0 Å². The zero-order valence-electron chi connectivity index (χ0n) is 13.9. The van der Waals surface area contributed by atoms with E-state index in [0.29, 0.717) is 11.6 Å². The molecule has 12 heteroatoms. The second-order valence-electron chi connectivity index (χ2n) is 5.43. The third kappa shape index (κ3) is 4.72. The first-order chi connectivity index (χ1) is 12.3. The van der Waals surface area contributed by atoms with Gasteiger partial charge in [0, 0.05) is 5.02 Å². The first-order valence-corrected chi connectivity index (χ1v) is 10.6. The zero-order chi connectivity index (χ0) is 20.6. The van der Waals surface area contributed by atoms with Crippen molar-refractivity contribution in [1.29, 1.82) is 0 Å². The molecule has 148 valence electrons. The van der Waals surface area contributed by atoms with Gasteiger partial charge in [-0.25, -0.2) is 21.6 Å². The maximum absolute atomic E-state index is 13.2. The molecule has 0 radical (unpaired) electrons. The lowest BCUT2D eigenvalue weighted by Gasteiger charge is -2.16. The average Bonchev–Trinajstić information content (AvgIpc) is 2.55. The van der Waals surface area contributed by atoms with Gasteiger partial charge in [0.15, 0.2) is 0 Å². The summed E-state index contributed by atoms with van der Waals surface area (Å²) in [4.78, 5) is -1.24. The number of hydrogen-bond donors (Lipinski definition) is 2. The molecule has 0 fully saturated rings. The van der Waals surface area contributed by atoms with Gasteiger partial charge in [0.1, 0.15) is 0 Å². The Balaban J connectivity index is 2.55. The van der Waals surface area contributed by atoms with E-state index in [-0.39, 0.29) is 15.6 Å². The van der Waals surface area contributed by atoms with Crippen molar-refractivity contribution in [3.8, 4) is 0 Å². The second kappa shape index (κ2) is 7.30. The molecule has 6 nitrogen and oxygen atoms in total. The molecule has 0 aliphatic rings. The number of alkyl halides is 3. The van der Waals surface area contributed by atoms with Gasteiger partial charge in [0.05, 0.1) is 21.0 Å². The zero-order valence-corrected chi connectivity index (χ0v) is 16.3. The molecule has 0 aliphatic heterocycles. The van der Waals surface area contributed by atoms with Crippen LogP contribution in [-0.2, 0) is 26.2 Å². The molecule has 0 bridgehead atoms. The van der Waals surface area contributed by atoms with Crippen LogP contribution in [0.5, 0.6) is 0 Å². The molecule has 0 saturated heterocycles. The van der Waals surface area contributed by atoms with Gasteiger partial charge in [-0.3, -0.25) is 4.72 Å². The summed E-state index contributed by atoms with van der Waals surface area (Å²) in [5, 5.41) is -0.279. The number of nitrogens with one attached hydrogen (secondary N) is 2. The van der Waals surface area contributed by atoms with E-state index in [0.717, 1.165) is 18.2 Å². The highest BCUT2D eigenvalue weighted by Gasteiger charge is 2.37. The Morgan fingerprint density at radius 3 is 2.11 bits per heavy atom. The molecule has 2 aromatic carbocycles. The molecular weight excluding hydrogens is 429 g/mol. The molecule has 27 heavy (non-hydrogen) atoms. The summed E-state index contributed by atoms with van der Waals surface area (Å²) in [5.41, 5.74) is -1.31. The molecule has 0 saturated carbocycles. The van der Waals surface area contributed by atoms with Gasteiger partial charge < -0.3 is 0 Å². The lowest BCUT2D eigenvalue weighted by molar-refractivity contribution is -0.139. The van der Waals surface area contributed by atoms with Crippen molar-refractivity contribution in [3.63, 3.8) is 0 Å². The van der Waals surface area contributed by atoms with Gasteiger partial charge in [-0.05, 0) is 49.9 Å². The number of halogens is 4. The normalized spacial score (nSPS) is 12.8. The van der Waals surface area contributed by atoms with E-state index in [1.807, 2.05) is 4.72 Å². The van der Waals surface area contributed by atoms with Gasteiger partial charge >= 0.3 is 6.18 Å². The fourth-order valence-electron chi connectivity index (χ4n) is 2.23. The summed E-state index contributed by atoms with van der Waals surface area (Å²) >= 11 is 5.55. The van der Waals surface area contributed by atoms with Crippen molar-refractivity contribution >= 4 is 37.3 Å². The van der Waals surface area contributed by atoms with Gasteiger partial charge in [0.25, 0.3) is 10.0 Å². The monoisotopic (exact) mass is 442 g/mol. The maximum atomic E-state index is 13.2. The van der Waals surface area contributed by atoms with E-state index in [1.165, 1.54) is 26.1 Å². The van der Waals surface area contributed by atoms with Crippen molar-refractivity contribution in [2.75, 3.05) is 11.8 Å². The largest absolute Gasteiger partial charge is 0.417 e. The van der Waals surface area contributed by atoms with Crippen molar-refractivity contribution < 1.29 is 30.0 Å². The van der Waals surface area contributed by atoms with Crippen molar-refractivity contribution in [2.45, 2.75) is 22.9 Å². The summed E-state index contributed by atoms with van der Waals surface area (Å²) < 4.78 is 92.5. The average molecular weight is 443 g/mol. The molecule has 0 unspecified atom stereocenters. The Bertz CT molecular complexity index is 1080. The van der Waals surface area contributed by atoms with Crippen molar-refractivity contribution in [2.24, 2.45) is 0 Å². The quantitative estimate of drug-likeness (QED) is 0.742. The predicted octanol–water partition coefficient (Wildman–Crippen LogP) is 3.38. The molecule has 0 atom stereocenters. The number of sulfonamides is 2. The Morgan fingerprint density at radius 2 is 1.56 bits per heavy atom. The van der Waals surface area contributed by atoms with Crippen LogP contribution in [0.25, 0.3) is 0 Å². The van der Waals surface area contributed by atoms with E-state index < -0.39 is 36.7 Å². The van der Waals surface area contributed by atoms with Crippen LogP contribution in [0.1, 0.15) is 11.1 Å². The van der Waals surface area contributed by atoms with Gasteiger partial charge in [0.2, 0.25) is 10.0 Å². The van der Waals surface area contributed by atoms with Crippen LogP contribution in [0.4, 0.5) is 18.9 Å². The van der Waals surface area contributed by atoms with Crippen LogP contribution >= 0.6 is 11.6 Å². The van der Waals surface area contributed by atoms with Crippen LogP contribution < -0.4 is 9.44 Å². The number of anilines is 1. The Morgan fingerprint density at radius 1 is 0.926 bits per heavy atom. The van der Waals surface area contributed by atoms with Gasteiger partial charge in [-0.15, -0.1) is 0 Å². The molecule has 2 aromatic rings. The highest BCUT2D eigenvalue weighted by Crippen LogP contribution is 2.36. The Labute approximate surface area is 159 Å². The highest BCUT2D eigenvalue weighted by molar-refractivity contribution is 7.92. The minimum Gasteiger partial charge on any atom is -0.280 e. The molecule has 0 spiro atoms. The second-order valence-corrected chi connectivity index (χ2v) is 9.37. The summed E-state index contributed by atoms with van der Waals surface area (Å²) in [6, 6.07) is 5.83. The van der Waals surface area contributed by atoms with E-state index in [1.54, 1.807) is 0 Å².